The van der Waals surface area contributed by atoms with Crippen molar-refractivity contribution < 1.29 is 42.1 Å². The molecule has 6 aliphatic rings. The van der Waals surface area contributed by atoms with E-state index >= 15 is 4.39 Å². The van der Waals surface area contributed by atoms with Crippen molar-refractivity contribution in [2.24, 2.45) is 5.41 Å². The Kier molecular flexibility index (Phi) is 16.6. The van der Waals surface area contributed by atoms with Gasteiger partial charge in [-0.25, -0.2) is 28.7 Å². The Hall–Kier alpha value is -7.62. The Morgan fingerprint density at radius 1 is 0.750 bits per heavy atom. The molecule has 1 aliphatic carbocycles. The molecule has 1 N–H and O–H groups in total. The highest BCUT2D eigenvalue weighted by Crippen LogP contribution is 2.52. The number of fused-ring (bicyclic) bond motifs is 2. The first-order valence-corrected chi connectivity index (χ1v) is 29.8. The molecule has 12 rings (SSSR count). The molecule has 2 amide bonds. The number of rotatable bonds is 21. The molecule has 21 heteroatoms. The van der Waals surface area contributed by atoms with Gasteiger partial charge in [-0.05, 0) is 109 Å². The number of epoxide rings is 1. The lowest BCUT2D eigenvalue weighted by Crippen LogP contribution is -2.65. The highest BCUT2D eigenvalue weighted by molar-refractivity contribution is 5.98. The third kappa shape index (κ3) is 12.2. The molecule has 84 heavy (non-hydrogen) atoms. The molecule has 0 bridgehead atoms. The Bertz CT molecular complexity index is 3360. The Morgan fingerprint density at radius 3 is 2.02 bits per heavy atom. The second kappa shape index (κ2) is 24.5. The maximum Gasteiger partial charge on any atom is 0.257 e. The zero-order chi connectivity index (χ0) is 58.1. The summed E-state index contributed by atoms with van der Waals surface area (Å²) in [7, 11) is 0. The molecule has 442 valence electrons. The lowest BCUT2D eigenvalue weighted by Gasteiger charge is -2.59. The summed E-state index contributed by atoms with van der Waals surface area (Å²) in [5.41, 5.74) is 4.65. The van der Waals surface area contributed by atoms with Gasteiger partial charge in [0.2, 0.25) is 0 Å². The zero-order valence-corrected chi connectivity index (χ0v) is 48.5. The molecule has 4 aromatic heterocycles. The van der Waals surface area contributed by atoms with Crippen LogP contribution in [-0.4, -0.2) is 152 Å². The predicted molar refractivity (Wildman–Crippen MR) is 310 cm³/mol. The van der Waals surface area contributed by atoms with Gasteiger partial charge in [-0.15, -0.1) is 0 Å². The number of carbonyl (C=O) groups excluding carboxylic acids is 2. The molecule has 3 saturated heterocycles. The van der Waals surface area contributed by atoms with Gasteiger partial charge in [-0.2, -0.15) is 0 Å². The number of halogens is 2. The molecule has 9 heterocycles. The number of benzene rings is 2. The fraction of sp³-hybridized carbons (Fsp3) is 0.492. The molecule has 4 atom stereocenters. The summed E-state index contributed by atoms with van der Waals surface area (Å²) >= 11 is 0. The lowest BCUT2D eigenvalue weighted by molar-refractivity contribution is -0.0353. The summed E-state index contributed by atoms with van der Waals surface area (Å²) in [4.78, 5) is 66.4. The second-order valence-electron chi connectivity index (χ2n) is 23.6. The van der Waals surface area contributed by atoms with Gasteiger partial charge in [0.25, 0.3) is 11.8 Å². The molecule has 4 fully saturated rings. The molecular formula is C63H74F2N12O7. The van der Waals surface area contributed by atoms with Crippen molar-refractivity contribution in [3.63, 3.8) is 0 Å². The minimum Gasteiger partial charge on any atom is -0.490 e. The van der Waals surface area contributed by atoms with Gasteiger partial charge in [0, 0.05) is 150 Å². The number of carbonyl (C=O) groups is 2. The molecule has 1 saturated carbocycles. The fourth-order valence-electron chi connectivity index (χ4n) is 13.1. The monoisotopic (exact) mass is 1150 g/mol. The molecule has 4 unspecified atom stereocenters. The number of nitrogens with zero attached hydrogens (tertiary/aromatic N) is 11. The van der Waals surface area contributed by atoms with Crippen LogP contribution in [0.2, 0.25) is 0 Å². The van der Waals surface area contributed by atoms with Crippen molar-refractivity contribution in [2.75, 3.05) is 68.8 Å². The number of pyridine rings is 2. The van der Waals surface area contributed by atoms with Crippen LogP contribution in [0.4, 0.5) is 20.4 Å². The van der Waals surface area contributed by atoms with Gasteiger partial charge in [0.05, 0.1) is 36.2 Å². The summed E-state index contributed by atoms with van der Waals surface area (Å²) in [6.07, 6.45) is 16.0. The first kappa shape index (κ1) is 56.8. The van der Waals surface area contributed by atoms with Crippen LogP contribution < -0.4 is 34.1 Å². The average Bonchev–Trinajstić information content (AvgIpc) is 3.00. The normalized spacial score (nSPS) is 20.3. The lowest BCUT2D eigenvalue weighted by atomic mass is 9.61. The van der Waals surface area contributed by atoms with Crippen LogP contribution in [0.15, 0.2) is 86.0 Å². The summed E-state index contributed by atoms with van der Waals surface area (Å²) in [5.74, 6) is 2.02. The van der Waals surface area contributed by atoms with E-state index in [1.807, 2.05) is 59.1 Å². The highest BCUT2D eigenvalue weighted by atomic mass is 19.1. The van der Waals surface area contributed by atoms with Crippen LogP contribution in [0, 0.1) is 17.0 Å². The van der Waals surface area contributed by atoms with E-state index in [1.165, 1.54) is 54.6 Å². The molecule has 2 aromatic carbocycles. The van der Waals surface area contributed by atoms with Crippen molar-refractivity contribution >= 4 is 23.5 Å². The summed E-state index contributed by atoms with van der Waals surface area (Å²) < 4.78 is 62.4. The van der Waals surface area contributed by atoms with Crippen LogP contribution in [0.25, 0.3) is 0 Å². The smallest absolute Gasteiger partial charge is 0.257 e. The van der Waals surface area contributed by atoms with Crippen LogP contribution in [0.5, 0.6) is 34.5 Å². The minimum absolute atomic E-state index is 0.0775. The number of hydrogen-bond donors (Lipinski definition) is 1. The number of nitrogens with one attached hydrogen (secondary N) is 1. The average molecular weight is 1150 g/mol. The Labute approximate surface area is 489 Å². The van der Waals surface area contributed by atoms with Crippen LogP contribution in [0.1, 0.15) is 116 Å². The first-order chi connectivity index (χ1) is 40.8. The largest absolute Gasteiger partial charge is 0.490 e. The van der Waals surface area contributed by atoms with Crippen molar-refractivity contribution in [2.45, 2.75) is 136 Å². The predicted octanol–water partition coefficient (Wildman–Crippen LogP) is 8.99. The summed E-state index contributed by atoms with van der Waals surface area (Å²) in [6.45, 7) is 17.5. The Balaban J connectivity index is 0.737. The van der Waals surface area contributed by atoms with Gasteiger partial charge in [-0.3, -0.25) is 24.5 Å². The molecule has 5 aliphatic heterocycles. The number of anilines is 2. The van der Waals surface area contributed by atoms with Crippen molar-refractivity contribution in [3.05, 3.63) is 131 Å². The third-order valence-corrected chi connectivity index (χ3v) is 17.5. The van der Waals surface area contributed by atoms with Crippen LogP contribution in [-0.2, 0) is 30.7 Å². The van der Waals surface area contributed by atoms with Gasteiger partial charge in [0.1, 0.15) is 59.5 Å². The first-order valence-electron chi connectivity index (χ1n) is 29.8. The number of ether oxygens (including phenoxy) is 5. The Morgan fingerprint density at radius 2 is 1.37 bits per heavy atom. The van der Waals surface area contributed by atoms with E-state index in [0.717, 1.165) is 100 Å². The molecule has 1 spiro atoms. The van der Waals surface area contributed by atoms with Crippen LogP contribution >= 0.6 is 0 Å². The molecule has 6 aromatic rings. The highest BCUT2D eigenvalue weighted by Gasteiger charge is 2.54. The molecule has 19 nitrogen and oxygen atoms in total. The maximum atomic E-state index is 15.4. The standard InChI is InChI=1S/C63H74F2N12O7/c1-6-75(39(3)4)61(78)47-24-41(64)9-12-53(47)84-58-31-68-38-72-60(58)77-23-17-44(81-55-15-20-69-51-14-19-66-29-49(51)55)26-43(77)11-8-40(5)76(7-2)62(79)48-25-42(65)10-13-54(48)83-57-30-67-37-71-59(57)74-35-63(36-74)27-45(28-63)82-56-16-21-70-52-18-22-73(33-50(52)56)32-46-34-80-46/h9-10,12-13,15-16,20-21,24-25,30-31,37-40,43-46,66H,6-8,11,14,17-19,22-23,26-29,32-36H2,1-5H3. The van der Waals surface area contributed by atoms with Crippen LogP contribution in [0.3, 0.4) is 0 Å². The maximum absolute atomic E-state index is 15.4. The van der Waals surface area contributed by atoms with E-state index in [4.69, 9.17) is 28.7 Å². The SMILES string of the molecule is CCN(C(=O)c1cc(F)ccc1Oc1cncnc1N1CCC(Oc2ccnc3c2CNCC3)CC1CCC(C)N(CC)C(=O)c1cc(F)ccc1Oc1cncnc1N1CC2(CC(Oc3ccnc4c3CN(CC3CO3)CC4)C2)C1)C(C)C. The van der Waals surface area contributed by atoms with Gasteiger partial charge < -0.3 is 48.6 Å². The van der Waals surface area contributed by atoms with E-state index in [-0.39, 0.29) is 70.2 Å². The zero-order valence-electron chi connectivity index (χ0n) is 48.5. The number of hydrogen-bond acceptors (Lipinski definition) is 17. The van der Waals surface area contributed by atoms with Crippen molar-refractivity contribution in [3.8, 4) is 34.5 Å². The fourth-order valence-corrected chi connectivity index (χ4v) is 13.1. The summed E-state index contributed by atoms with van der Waals surface area (Å²) in [5, 5.41) is 3.46. The van der Waals surface area contributed by atoms with Crippen molar-refractivity contribution in [1.29, 1.82) is 0 Å². The van der Waals surface area contributed by atoms with E-state index in [0.29, 0.717) is 81.1 Å². The van der Waals surface area contributed by atoms with E-state index in [2.05, 4.69) is 44.9 Å². The van der Waals surface area contributed by atoms with Gasteiger partial charge >= 0.3 is 0 Å². The minimum atomic E-state index is -0.569. The third-order valence-electron chi connectivity index (χ3n) is 17.5. The van der Waals surface area contributed by atoms with E-state index in [1.54, 1.807) is 22.2 Å². The van der Waals surface area contributed by atoms with E-state index in [9.17, 15) is 14.0 Å². The van der Waals surface area contributed by atoms with E-state index < -0.39 is 11.6 Å². The summed E-state index contributed by atoms with van der Waals surface area (Å²) in [6, 6.07) is 11.3. The van der Waals surface area contributed by atoms with Crippen molar-refractivity contribution in [1.82, 2.24) is 49.9 Å². The van der Waals surface area contributed by atoms with Gasteiger partial charge in [-0.1, -0.05) is 0 Å². The second-order valence-corrected chi connectivity index (χ2v) is 23.6. The number of amides is 2. The van der Waals surface area contributed by atoms with Gasteiger partial charge in [0.15, 0.2) is 23.1 Å². The number of piperidine rings is 1. The number of aromatic nitrogens is 6. The topological polar surface area (TPSA) is 189 Å². The molecule has 0 radical (unpaired) electrons. The quantitative estimate of drug-likeness (QED) is 0.0672. The molecular weight excluding hydrogens is 1070 g/mol.